The number of nitrogens with zero attached hydrogens (tertiary/aromatic N) is 3. The molecule has 22 heavy (non-hydrogen) atoms. The SMILES string of the molecule is Cc1cccc(-n2nc(C(N)=O)nc2-c2ccc(Br)cc2)c1. The lowest BCUT2D eigenvalue weighted by Crippen LogP contribution is -2.13. The summed E-state index contributed by atoms with van der Waals surface area (Å²) in [5.74, 6) is -0.0731. The van der Waals surface area contributed by atoms with E-state index >= 15 is 0 Å². The van der Waals surface area contributed by atoms with E-state index in [-0.39, 0.29) is 5.82 Å². The first-order valence-corrected chi connectivity index (χ1v) is 7.44. The van der Waals surface area contributed by atoms with Gasteiger partial charge in [0.05, 0.1) is 5.69 Å². The number of carbonyl (C=O) groups excluding carboxylic acids is 1. The summed E-state index contributed by atoms with van der Waals surface area (Å²) in [7, 11) is 0. The van der Waals surface area contributed by atoms with E-state index in [1.165, 1.54) is 0 Å². The van der Waals surface area contributed by atoms with Gasteiger partial charge in [0.15, 0.2) is 5.82 Å². The molecule has 0 radical (unpaired) electrons. The Morgan fingerprint density at radius 3 is 2.55 bits per heavy atom. The molecule has 3 rings (SSSR count). The minimum absolute atomic E-state index is 0.000533. The van der Waals surface area contributed by atoms with Gasteiger partial charge in [-0.05, 0) is 36.8 Å². The Morgan fingerprint density at radius 1 is 1.18 bits per heavy atom. The topological polar surface area (TPSA) is 73.8 Å². The van der Waals surface area contributed by atoms with Crippen molar-refractivity contribution in [2.45, 2.75) is 6.92 Å². The van der Waals surface area contributed by atoms with Crippen LogP contribution in [0.3, 0.4) is 0 Å². The van der Waals surface area contributed by atoms with Gasteiger partial charge in [-0.1, -0.05) is 40.2 Å². The van der Waals surface area contributed by atoms with Crippen molar-refractivity contribution in [2.75, 3.05) is 0 Å². The van der Waals surface area contributed by atoms with Gasteiger partial charge in [-0.3, -0.25) is 4.79 Å². The van der Waals surface area contributed by atoms with Crippen LogP contribution in [-0.2, 0) is 0 Å². The third-order valence-corrected chi connectivity index (χ3v) is 3.70. The maximum Gasteiger partial charge on any atom is 0.288 e. The van der Waals surface area contributed by atoms with E-state index in [9.17, 15) is 4.79 Å². The van der Waals surface area contributed by atoms with E-state index in [0.717, 1.165) is 21.3 Å². The summed E-state index contributed by atoms with van der Waals surface area (Å²) in [6.45, 7) is 1.99. The normalized spacial score (nSPS) is 10.6. The summed E-state index contributed by atoms with van der Waals surface area (Å²) in [6.07, 6.45) is 0. The Balaban J connectivity index is 2.20. The second kappa shape index (κ2) is 5.73. The van der Waals surface area contributed by atoms with E-state index in [1.807, 2.05) is 55.5 Å². The molecule has 0 aliphatic rings. The van der Waals surface area contributed by atoms with Crippen LogP contribution in [0.15, 0.2) is 53.0 Å². The zero-order valence-electron chi connectivity index (χ0n) is 11.8. The number of carbonyl (C=O) groups is 1. The highest BCUT2D eigenvalue weighted by atomic mass is 79.9. The van der Waals surface area contributed by atoms with Crippen molar-refractivity contribution in [2.24, 2.45) is 5.73 Å². The number of aromatic nitrogens is 3. The number of amides is 1. The van der Waals surface area contributed by atoms with Crippen LogP contribution in [-0.4, -0.2) is 20.7 Å². The predicted molar refractivity (Wildman–Crippen MR) is 87.7 cm³/mol. The molecule has 6 heteroatoms. The highest BCUT2D eigenvalue weighted by Crippen LogP contribution is 2.23. The second-order valence-corrected chi connectivity index (χ2v) is 5.80. The van der Waals surface area contributed by atoms with Crippen LogP contribution in [0.5, 0.6) is 0 Å². The van der Waals surface area contributed by atoms with Crippen molar-refractivity contribution in [1.29, 1.82) is 0 Å². The molecule has 0 atom stereocenters. The molecule has 0 aliphatic carbocycles. The molecule has 2 aromatic carbocycles. The summed E-state index contributed by atoms with van der Waals surface area (Å²) in [5.41, 5.74) is 8.10. The summed E-state index contributed by atoms with van der Waals surface area (Å²) in [5, 5.41) is 4.24. The zero-order chi connectivity index (χ0) is 15.7. The van der Waals surface area contributed by atoms with Crippen molar-refractivity contribution in [3.63, 3.8) is 0 Å². The van der Waals surface area contributed by atoms with Gasteiger partial charge in [0, 0.05) is 10.0 Å². The van der Waals surface area contributed by atoms with Crippen molar-refractivity contribution >= 4 is 21.8 Å². The Bertz CT molecular complexity index is 840. The molecule has 3 aromatic rings. The molecule has 0 fully saturated rings. The number of rotatable bonds is 3. The number of halogens is 1. The molecule has 0 bridgehead atoms. The summed E-state index contributed by atoms with van der Waals surface area (Å²) in [6, 6.07) is 15.5. The first-order chi connectivity index (χ1) is 10.5. The molecule has 1 amide bonds. The van der Waals surface area contributed by atoms with Crippen molar-refractivity contribution in [1.82, 2.24) is 14.8 Å². The van der Waals surface area contributed by atoms with E-state index in [2.05, 4.69) is 26.0 Å². The molecule has 2 N–H and O–H groups in total. The third-order valence-electron chi connectivity index (χ3n) is 3.18. The van der Waals surface area contributed by atoms with Gasteiger partial charge in [0.2, 0.25) is 5.82 Å². The largest absolute Gasteiger partial charge is 0.363 e. The van der Waals surface area contributed by atoms with Crippen LogP contribution >= 0.6 is 15.9 Å². The van der Waals surface area contributed by atoms with E-state index in [4.69, 9.17) is 5.73 Å². The maximum atomic E-state index is 11.4. The first-order valence-electron chi connectivity index (χ1n) is 6.64. The maximum absolute atomic E-state index is 11.4. The molecular weight excluding hydrogens is 344 g/mol. The monoisotopic (exact) mass is 356 g/mol. The predicted octanol–water partition coefficient (Wildman–Crippen LogP) is 3.10. The fourth-order valence-corrected chi connectivity index (χ4v) is 2.41. The van der Waals surface area contributed by atoms with Crippen molar-refractivity contribution in [3.05, 3.63) is 64.4 Å². The Kier molecular flexibility index (Phi) is 3.77. The number of aryl methyl sites for hydroxylation is 1. The lowest BCUT2D eigenvalue weighted by Gasteiger charge is -2.06. The van der Waals surface area contributed by atoms with Crippen molar-refractivity contribution in [3.8, 4) is 17.1 Å². The zero-order valence-corrected chi connectivity index (χ0v) is 13.4. The lowest BCUT2D eigenvalue weighted by atomic mass is 10.2. The highest BCUT2D eigenvalue weighted by Gasteiger charge is 2.16. The van der Waals surface area contributed by atoms with Crippen LogP contribution in [0.4, 0.5) is 0 Å². The second-order valence-electron chi connectivity index (χ2n) is 4.88. The van der Waals surface area contributed by atoms with Crippen LogP contribution in [0, 0.1) is 6.92 Å². The number of nitrogens with two attached hydrogens (primary N) is 1. The van der Waals surface area contributed by atoms with Crippen LogP contribution < -0.4 is 5.73 Å². The summed E-state index contributed by atoms with van der Waals surface area (Å²) in [4.78, 5) is 15.7. The molecule has 0 spiro atoms. The summed E-state index contributed by atoms with van der Waals surface area (Å²) >= 11 is 3.40. The van der Waals surface area contributed by atoms with E-state index in [0.29, 0.717) is 5.82 Å². The minimum Gasteiger partial charge on any atom is -0.363 e. The molecule has 1 aromatic heterocycles. The van der Waals surface area contributed by atoms with Crippen LogP contribution in [0.25, 0.3) is 17.1 Å². The standard InChI is InChI=1S/C16H13BrN4O/c1-10-3-2-4-13(9-10)21-16(19-15(20-21)14(18)22)11-5-7-12(17)8-6-11/h2-9H,1H3,(H2,18,22). The van der Waals surface area contributed by atoms with Crippen LogP contribution in [0.1, 0.15) is 16.2 Å². The summed E-state index contributed by atoms with van der Waals surface area (Å²) < 4.78 is 2.60. The Morgan fingerprint density at radius 2 is 1.91 bits per heavy atom. The average molecular weight is 357 g/mol. The molecule has 0 saturated heterocycles. The molecule has 0 saturated carbocycles. The smallest absolute Gasteiger partial charge is 0.288 e. The molecule has 1 heterocycles. The van der Waals surface area contributed by atoms with Gasteiger partial charge in [-0.15, -0.1) is 5.10 Å². The van der Waals surface area contributed by atoms with E-state index in [1.54, 1.807) is 4.68 Å². The van der Waals surface area contributed by atoms with E-state index < -0.39 is 5.91 Å². The first kappa shape index (κ1) is 14.5. The number of benzene rings is 2. The Hall–Kier alpha value is -2.47. The fraction of sp³-hybridized carbons (Fsp3) is 0.0625. The molecule has 0 aliphatic heterocycles. The van der Waals surface area contributed by atoms with Gasteiger partial charge < -0.3 is 5.73 Å². The minimum atomic E-state index is -0.648. The van der Waals surface area contributed by atoms with Gasteiger partial charge in [-0.2, -0.15) is 0 Å². The number of hydrogen-bond acceptors (Lipinski definition) is 3. The lowest BCUT2D eigenvalue weighted by molar-refractivity contribution is 0.0990. The molecular formula is C16H13BrN4O. The third kappa shape index (κ3) is 2.78. The van der Waals surface area contributed by atoms with Gasteiger partial charge in [0.25, 0.3) is 5.91 Å². The Labute approximate surface area is 135 Å². The fourth-order valence-electron chi connectivity index (χ4n) is 2.14. The van der Waals surface area contributed by atoms with Gasteiger partial charge in [-0.25, -0.2) is 9.67 Å². The number of hydrogen-bond donors (Lipinski definition) is 1. The molecule has 0 unspecified atom stereocenters. The van der Waals surface area contributed by atoms with Crippen LogP contribution in [0.2, 0.25) is 0 Å². The van der Waals surface area contributed by atoms with Gasteiger partial charge >= 0.3 is 0 Å². The van der Waals surface area contributed by atoms with Crippen molar-refractivity contribution < 1.29 is 4.79 Å². The quantitative estimate of drug-likeness (QED) is 0.783. The molecule has 5 nitrogen and oxygen atoms in total. The number of primary amides is 1. The molecule has 110 valence electrons. The van der Waals surface area contributed by atoms with Gasteiger partial charge in [0.1, 0.15) is 0 Å². The highest BCUT2D eigenvalue weighted by molar-refractivity contribution is 9.10. The average Bonchev–Trinajstić information content (AvgIpc) is 2.93.